The lowest BCUT2D eigenvalue weighted by Crippen LogP contribution is -2.46. The van der Waals surface area contributed by atoms with Crippen LogP contribution in [0.2, 0.25) is 0 Å². The van der Waals surface area contributed by atoms with Crippen LogP contribution < -0.4 is 20.1 Å². The van der Waals surface area contributed by atoms with E-state index < -0.39 is 0 Å². The molecule has 7 heteroatoms. The highest BCUT2D eigenvalue weighted by atomic mass is 16.5. The third-order valence-electron chi connectivity index (χ3n) is 5.39. The highest BCUT2D eigenvalue weighted by Crippen LogP contribution is 2.27. The van der Waals surface area contributed by atoms with Gasteiger partial charge < -0.3 is 25.0 Å². The molecule has 2 fully saturated rings. The first-order chi connectivity index (χ1) is 13.1. The summed E-state index contributed by atoms with van der Waals surface area (Å²) in [6, 6.07) is 5.19. The monoisotopic (exact) mass is 375 g/mol. The molecule has 2 atom stereocenters. The molecule has 2 unspecified atom stereocenters. The van der Waals surface area contributed by atoms with Crippen LogP contribution in [0, 0.1) is 5.92 Å². The fourth-order valence-corrected chi connectivity index (χ4v) is 3.84. The molecule has 1 aromatic carbocycles. The summed E-state index contributed by atoms with van der Waals surface area (Å²) in [6.45, 7) is 2.87. The molecule has 0 saturated carbocycles. The van der Waals surface area contributed by atoms with Crippen molar-refractivity contribution < 1.29 is 19.1 Å². The fraction of sp³-hybridized carbons (Fsp3) is 0.600. The van der Waals surface area contributed by atoms with Crippen molar-refractivity contribution in [3.63, 3.8) is 0 Å². The molecule has 0 aromatic heterocycles. The first-order valence-electron chi connectivity index (χ1n) is 9.64. The van der Waals surface area contributed by atoms with Gasteiger partial charge in [-0.3, -0.25) is 9.59 Å². The van der Waals surface area contributed by atoms with E-state index in [9.17, 15) is 9.59 Å². The molecular weight excluding hydrogens is 346 g/mol. The van der Waals surface area contributed by atoms with E-state index in [2.05, 4.69) is 10.6 Å². The zero-order valence-electron chi connectivity index (χ0n) is 16.1. The molecule has 0 spiro atoms. The number of nitrogens with one attached hydrogen (secondary N) is 2. The Labute approximate surface area is 160 Å². The number of hydrogen-bond acceptors (Lipinski definition) is 5. The van der Waals surface area contributed by atoms with Crippen molar-refractivity contribution >= 4 is 11.8 Å². The molecule has 0 radical (unpaired) electrons. The Bertz CT molecular complexity index is 673. The Morgan fingerprint density at radius 2 is 2.07 bits per heavy atom. The van der Waals surface area contributed by atoms with E-state index in [4.69, 9.17) is 9.47 Å². The Balaban J connectivity index is 1.60. The van der Waals surface area contributed by atoms with Gasteiger partial charge in [0.25, 0.3) is 5.91 Å². The van der Waals surface area contributed by atoms with E-state index in [1.165, 1.54) is 0 Å². The summed E-state index contributed by atoms with van der Waals surface area (Å²) in [5, 5.41) is 6.26. The minimum absolute atomic E-state index is 0.0563. The van der Waals surface area contributed by atoms with E-state index >= 15 is 0 Å². The third kappa shape index (κ3) is 4.71. The summed E-state index contributed by atoms with van der Waals surface area (Å²) >= 11 is 0. The maximum Gasteiger partial charge on any atom is 0.257 e. The second-order valence-electron chi connectivity index (χ2n) is 7.22. The van der Waals surface area contributed by atoms with Crippen LogP contribution in [-0.4, -0.2) is 63.2 Å². The van der Waals surface area contributed by atoms with E-state index in [0.29, 0.717) is 36.7 Å². The number of likely N-dealkylation sites (tertiary alicyclic amines) is 1. The molecule has 0 bridgehead atoms. The van der Waals surface area contributed by atoms with E-state index in [1.807, 2.05) is 4.90 Å². The Morgan fingerprint density at radius 1 is 1.22 bits per heavy atom. The highest BCUT2D eigenvalue weighted by molar-refractivity contribution is 5.97. The molecule has 148 valence electrons. The van der Waals surface area contributed by atoms with Crippen molar-refractivity contribution in [2.45, 2.75) is 31.7 Å². The van der Waals surface area contributed by atoms with Gasteiger partial charge in [0.15, 0.2) is 0 Å². The largest absolute Gasteiger partial charge is 0.497 e. The number of hydrogen-bond donors (Lipinski definition) is 2. The molecular formula is C20H29N3O4. The Morgan fingerprint density at radius 3 is 2.78 bits per heavy atom. The van der Waals surface area contributed by atoms with Gasteiger partial charge in [-0.2, -0.15) is 0 Å². The SMILES string of the molecule is COc1ccc(OC)c(C(=O)N2CCCC(CNC(=O)C3CCCN3)C2)c1. The third-order valence-corrected chi connectivity index (χ3v) is 5.39. The van der Waals surface area contributed by atoms with Crippen LogP contribution in [0.5, 0.6) is 11.5 Å². The van der Waals surface area contributed by atoms with E-state index in [0.717, 1.165) is 32.2 Å². The average Bonchev–Trinajstić information content (AvgIpc) is 3.26. The van der Waals surface area contributed by atoms with Crippen molar-refractivity contribution in [2.24, 2.45) is 5.92 Å². The Hall–Kier alpha value is -2.28. The zero-order valence-corrected chi connectivity index (χ0v) is 16.1. The molecule has 2 heterocycles. The standard InChI is InChI=1S/C20H29N3O4/c1-26-15-7-8-18(27-2)16(11-15)20(25)23-10-4-5-14(13-23)12-22-19(24)17-6-3-9-21-17/h7-8,11,14,17,21H,3-6,9-10,12-13H2,1-2H3,(H,22,24). The van der Waals surface area contributed by atoms with Gasteiger partial charge in [-0.1, -0.05) is 0 Å². The van der Waals surface area contributed by atoms with Gasteiger partial charge in [0.05, 0.1) is 25.8 Å². The number of carbonyl (C=O) groups is 2. The van der Waals surface area contributed by atoms with Crippen LogP contribution in [0.25, 0.3) is 0 Å². The van der Waals surface area contributed by atoms with Crippen LogP contribution in [0.1, 0.15) is 36.0 Å². The topological polar surface area (TPSA) is 79.9 Å². The number of nitrogens with zero attached hydrogens (tertiary/aromatic N) is 1. The number of amides is 2. The molecule has 1 aromatic rings. The molecule has 7 nitrogen and oxygen atoms in total. The number of piperidine rings is 1. The minimum atomic E-state index is -0.0626. The zero-order chi connectivity index (χ0) is 19.2. The van der Waals surface area contributed by atoms with Crippen molar-refractivity contribution in [3.8, 4) is 11.5 Å². The number of rotatable bonds is 6. The number of carbonyl (C=O) groups excluding carboxylic acids is 2. The normalized spacial score (nSPS) is 22.4. The maximum absolute atomic E-state index is 13.0. The molecule has 27 heavy (non-hydrogen) atoms. The van der Waals surface area contributed by atoms with E-state index in [1.54, 1.807) is 32.4 Å². The van der Waals surface area contributed by atoms with Gasteiger partial charge in [0, 0.05) is 19.6 Å². The first kappa shape index (κ1) is 19.5. The van der Waals surface area contributed by atoms with Crippen molar-refractivity contribution in [3.05, 3.63) is 23.8 Å². The predicted octanol–water partition coefficient (Wildman–Crippen LogP) is 1.42. The molecule has 2 amide bonds. The molecule has 2 N–H and O–H groups in total. The number of ether oxygens (including phenoxy) is 2. The second kappa shape index (κ2) is 9.08. The highest BCUT2D eigenvalue weighted by Gasteiger charge is 2.28. The van der Waals surface area contributed by atoms with Gasteiger partial charge in [0.2, 0.25) is 5.91 Å². The maximum atomic E-state index is 13.0. The average molecular weight is 375 g/mol. The van der Waals surface area contributed by atoms with Crippen LogP contribution in [-0.2, 0) is 4.79 Å². The van der Waals surface area contributed by atoms with Gasteiger partial charge in [-0.15, -0.1) is 0 Å². The van der Waals surface area contributed by atoms with Gasteiger partial charge in [0.1, 0.15) is 11.5 Å². The van der Waals surface area contributed by atoms with Crippen molar-refractivity contribution in [1.29, 1.82) is 0 Å². The molecule has 2 aliphatic heterocycles. The fourth-order valence-electron chi connectivity index (χ4n) is 3.84. The van der Waals surface area contributed by atoms with Crippen LogP contribution in [0.15, 0.2) is 18.2 Å². The van der Waals surface area contributed by atoms with Crippen LogP contribution in [0.3, 0.4) is 0 Å². The molecule has 3 rings (SSSR count). The molecule has 0 aliphatic carbocycles. The second-order valence-corrected chi connectivity index (χ2v) is 7.22. The molecule has 2 aliphatic rings. The summed E-state index contributed by atoms with van der Waals surface area (Å²) in [4.78, 5) is 27.1. The lowest BCUT2D eigenvalue weighted by atomic mass is 9.97. The summed E-state index contributed by atoms with van der Waals surface area (Å²) in [5.41, 5.74) is 0.511. The number of methoxy groups -OCH3 is 2. The minimum Gasteiger partial charge on any atom is -0.497 e. The number of benzene rings is 1. The van der Waals surface area contributed by atoms with Gasteiger partial charge >= 0.3 is 0 Å². The quantitative estimate of drug-likeness (QED) is 0.786. The van der Waals surface area contributed by atoms with E-state index in [-0.39, 0.29) is 23.8 Å². The van der Waals surface area contributed by atoms with Crippen molar-refractivity contribution in [1.82, 2.24) is 15.5 Å². The Kier molecular flexibility index (Phi) is 6.55. The first-order valence-corrected chi connectivity index (χ1v) is 9.64. The van der Waals surface area contributed by atoms with Gasteiger partial charge in [-0.25, -0.2) is 0 Å². The summed E-state index contributed by atoms with van der Waals surface area (Å²) in [7, 11) is 3.14. The van der Waals surface area contributed by atoms with Crippen molar-refractivity contribution in [2.75, 3.05) is 40.4 Å². The lowest BCUT2D eigenvalue weighted by molar-refractivity contribution is -0.123. The van der Waals surface area contributed by atoms with Crippen LogP contribution in [0.4, 0.5) is 0 Å². The van der Waals surface area contributed by atoms with Crippen LogP contribution >= 0.6 is 0 Å². The summed E-state index contributed by atoms with van der Waals surface area (Å²) in [5.74, 6) is 1.46. The van der Waals surface area contributed by atoms with Gasteiger partial charge in [-0.05, 0) is 56.3 Å². The lowest BCUT2D eigenvalue weighted by Gasteiger charge is -2.33. The predicted molar refractivity (Wildman–Crippen MR) is 102 cm³/mol. The summed E-state index contributed by atoms with van der Waals surface area (Å²) in [6.07, 6.45) is 3.89. The smallest absolute Gasteiger partial charge is 0.257 e. The summed E-state index contributed by atoms with van der Waals surface area (Å²) < 4.78 is 10.6. The molecule has 2 saturated heterocycles.